The third kappa shape index (κ3) is 2.71. The van der Waals surface area contributed by atoms with Crippen LogP contribution in [-0.2, 0) is 10.0 Å². The number of halogens is 1. The van der Waals surface area contributed by atoms with Gasteiger partial charge in [-0.3, -0.25) is 4.79 Å². The van der Waals surface area contributed by atoms with E-state index in [1.807, 2.05) is 0 Å². The van der Waals surface area contributed by atoms with Crippen LogP contribution in [0, 0.1) is 0 Å². The van der Waals surface area contributed by atoms with Crippen molar-refractivity contribution in [2.75, 3.05) is 0 Å². The monoisotopic (exact) mass is 368 g/mol. The molecule has 0 fully saturated rings. The Balaban J connectivity index is 2.83. The summed E-state index contributed by atoms with van der Waals surface area (Å²) >= 11 is 3.21. The summed E-state index contributed by atoms with van der Waals surface area (Å²) in [5.41, 5.74) is 0.687. The number of carbonyl (C=O) groups is 1. The highest BCUT2D eigenvalue weighted by atomic mass is 79.9. The maximum absolute atomic E-state index is 12.7. The molecule has 0 aliphatic carbocycles. The summed E-state index contributed by atoms with van der Waals surface area (Å²) in [7, 11) is -3.76. The highest BCUT2D eigenvalue weighted by Crippen LogP contribution is 2.26. The van der Waals surface area contributed by atoms with E-state index in [4.69, 9.17) is 0 Å². The van der Waals surface area contributed by atoms with Crippen LogP contribution in [0.25, 0.3) is 10.9 Å². The molecule has 0 aliphatic rings. The molecule has 110 valence electrons. The molecule has 0 unspecified atom stereocenters. The molecule has 0 aliphatic heterocycles. The lowest BCUT2D eigenvalue weighted by molar-refractivity contribution is 0.112. The Kier molecular flexibility index (Phi) is 4.43. The Morgan fingerprint density at radius 1 is 1.38 bits per heavy atom. The maximum Gasteiger partial charge on any atom is 0.267 e. The summed E-state index contributed by atoms with van der Waals surface area (Å²) in [6, 6.07) is 1.57. The highest BCUT2D eigenvalue weighted by molar-refractivity contribution is 9.10. The molecule has 0 aromatic carbocycles. The minimum atomic E-state index is -3.76. The van der Waals surface area contributed by atoms with Gasteiger partial charge in [0.25, 0.3) is 10.0 Å². The first-order valence-corrected chi connectivity index (χ1v) is 8.35. The van der Waals surface area contributed by atoms with Crippen molar-refractivity contribution in [3.63, 3.8) is 0 Å². The molecule has 0 saturated carbocycles. The average molecular weight is 369 g/mol. The first-order chi connectivity index (χ1) is 9.95. The lowest BCUT2D eigenvalue weighted by Crippen LogP contribution is -2.13. The van der Waals surface area contributed by atoms with E-state index >= 15 is 0 Å². The molecule has 0 N–H and O–H groups in total. The van der Waals surface area contributed by atoms with E-state index in [0.717, 1.165) is 3.97 Å². The van der Waals surface area contributed by atoms with Crippen LogP contribution in [0.2, 0.25) is 0 Å². The minimum absolute atomic E-state index is 0.160. The summed E-state index contributed by atoms with van der Waals surface area (Å²) in [5.74, 6) is 0. The molecule has 0 spiro atoms. The van der Waals surface area contributed by atoms with Crippen LogP contribution in [0.4, 0.5) is 0 Å². The molecule has 0 bridgehead atoms. The van der Waals surface area contributed by atoms with Crippen molar-refractivity contribution in [1.82, 2.24) is 8.96 Å². The zero-order valence-corrected chi connectivity index (χ0v) is 13.8. The lowest BCUT2D eigenvalue weighted by Gasteiger charge is -2.08. The van der Waals surface area contributed by atoms with E-state index < -0.39 is 10.0 Å². The van der Waals surface area contributed by atoms with Crippen LogP contribution in [0.1, 0.15) is 24.2 Å². The fraction of sp³-hybridized carbons (Fsp3) is 0.143. The van der Waals surface area contributed by atoms with Crippen molar-refractivity contribution < 1.29 is 13.2 Å². The van der Waals surface area contributed by atoms with Crippen LogP contribution in [0.15, 0.2) is 46.2 Å². The van der Waals surface area contributed by atoms with Crippen LogP contribution >= 0.6 is 15.9 Å². The van der Waals surface area contributed by atoms with Gasteiger partial charge in [-0.15, -0.1) is 0 Å². The van der Waals surface area contributed by atoms with Crippen molar-refractivity contribution in [1.29, 1.82) is 0 Å². The van der Waals surface area contributed by atoms with Gasteiger partial charge in [-0.1, -0.05) is 12.2 Å². The first-order valence-electron chi connectivity index (χ1n) is 6.12. The molecule has 0 radical (unpaired) electrons. The third-order valence-electron chi connectivity index (χ3n) is 2.95. The second kappa shape index (κ2) is 5.95. The molecule has 21 heavy (non-hydrogen) atoms. The smallest absolute Gasteiger partial charge is 0.267 e. The van der Waals surface area contributed by atoms with Crippen molar-refractivity contribution in [3.05, 3.63) is 51.8 Å². The Morgan fingerprint density at radius 2 is 2.10 bits per heavy atom. The highest BCUT2D eigenvalue weighted by Gasteiger charge is 2.21. The number of carbonyl (C=O) groups excluding carboxylic acids is 1. The standard InChI is InChI=1S/C14H13BrN2O3S/c1-3-5-11(4-2)21(19,20)17-8-10(9-18)12-7-16-14(15)6-13(12)17/h3-9H,1-2H3. The average Bonchev–Trinajstić information content (AvgIpc) is 2.82. The van der Waals surface area contributed by atoms with Crippen molar-refractivity contribution in [3.8, 4) is 0 Å². The number of hydrogen-bond donors (Lipinski definition) is 0. The van der Waals surface area contributed by atoms with Crippen molar-refractivity contribution >= 4 is 43.1 Å². The van der Waals surface area contributed by atoms with Gasteiger partial charge in [-0.05, 0) is 41.9 Å². The Morgan fingerprint density at radius 3 is 2.67 bits per heavy atom. The summed E-state index contributed by atoms with van der Waals surface area (Å²) < 4.78 is 27.0. The SMILES string of the molecule is CC=CC(=CC)S(=O)(=O)n1cc(C=O)c2cnc(Br)cc21. The van der Waals surface area contributed by atoms with E-state index in [9.17, 15) is 13.2 Å². The minimum Gasteiger partial charge on any atom is -0.298 e. The zero-order valence-electron chi connectivity index (χ0n) is 11.4. The number of hydrogen-bond acceptors (Lipinski definition) is 4. The van der Waals surface area contributed by atoms with E-state index in [1.54, 1.807) is 26.0 Å². The molecule has 0 saturated heterocycles. The Labute approximate surface area is 131 Å². The molecule has 7 heteroatoms. The normalized spacial score (nSPS) is 13.2. The fourth-order valence-electron chi connectivity index (χ4n) is 1.99. The second-order valence-corrected chi connectivity index (χ2v) is 6.85. The zero-order chi connectivity index (χ0) is 15.6. The molecular weight excluding hydrogens is 356 g/mol. The maximum atomic E-state index is 12.7. The molecular formula is C14H13BrN2O3S. The Hall–Kier alpha value is -1.73. The molecule has 0 amide bonds. The van der Waals surface area contributed by atoms with Gasteiger partial charge < -0.3 is 0 Å². The van der Waals surface area contributed by atoms with Gasteiger partial charge in [-0.25, -0.2) is 17.4 Å². The van der Waals surface area contributed by atoms with E-state index in [1.165, 1.54) is 24.5 Å². The van der Waals surface area contributed by atoms with E-state index in [-0.39, 0.29) is 10.5 Å². The fourth-order valence-corrected chi connectivity index (χ4v) is 3.81. The second-order valence-electron chi connectivity index (χ2n) is 4.22. The van der Waals surface area contributed by atoms with Crippen LogP contribution < -0.4 is 0 Å². The Bertz CT molecular complexity index is 864. The molecule has 2 aromatic rings. The number of allylic oxidation sites excluding steroid dienone is 3. The van der Waals surface area contributed by atoms with Crippen molar-refractivity contribution in [2.24, 2.45) is 0 Å². The topological polar surface area (TPSA) is 69.0 Å². The van der Waals surface area contributed by atoms with Crippen LogP contribution in [-0.4, -0.2) is 23.7 Å². The molecule has 2 rings (SSSR count). The van der Waals surface area contributed by atoms with Crippen molar-refractivity contribution in [2.45, 2.75) is 13.8 Å². The molecule has 0 atom stereocenters. The third-order valence-corrected chi connectivity index (χ3v) is 5.17. The quantitative estimate of drug-likeness (QED) is 0.471. The number of nitrogens with zero attached hydrogens (tertiary/aromatic N) is 2. The summed E-state index contributed by atoms with van der Waals surface area (Å²) in [4.78, 5) is 15.3. The molecule has 2 aromatic heterocycles. The first kappa shape index (κ1) is 15.7. The largest absolute Gasteiger partial charge is 0.298 e. The number of fused-ring (bicyclic) bond motifs is 1. The number of aromatic nitrogens is 2. The van der Waals surface area contributed by atoms with Gasteiger partial charge in [0.2, 0.25) is 0 Å². The molecule has 2 heterocycles. The number of aldehydes is 1. The van der Waals surface area contributed by atoms with Gasteiger partial charge in [-0.2, -0.15) is 0 Å². The van der Waals surface area contributed by atoms with Crippen LogP contribution in [0.3, 0.4) is 0 Å². The number of pyridine rings is 1. The van der Waals surface area contributed by atoms with Gasteiger partial charge in [0.05, 0.1) is 10.4 Å². The summed E-state index contributed by atoms with van der Waals surface area (Å²) in [6.45, 7) is 3.39. The lowest BCUT2D eigenvalue weighted by atomic mass is 10.2. The summed E-state index contributed by atoms with van der Waals surface area (Å²) in [6.07, 6.45) is 8.08. The predicted octanol–water partition coefficient (Wildman–Crippen LogP) is 3.27. The van der Waals surface area contributed by atoms with Gasteiger partial charge in [0, 0.05) is 23.3 Å². The molecule has 5 nitrogen and oxygen atoms in total. The van der Waals surface area contributed by atoms with Crippen LogP contribution in [0.5, 0.6) is 0 Å². The number of rotatable bonds is 4. The van der Waals surface area contributed by atoms with E-state index in [0.29, 0.717) is 21.8 Å². The van der Waals surface area contributed by atoms with Gasteiger partial charge in [0.15, 0.2) is 6.29 Å². The van der Waals surface area contributed by atoms with Gasteiger partial charge in [0.1, 0.15) is 4.60 Å². The predicted molar refractivity (Wildman–Crippen MR) is 85.7 cm³/mol. The van der Waals surface area contributed by atoms with E-state index in [2.05, 4.69) is 20.9 Å². The summed E-state index contributed by atoms with van der Waals surface area (Å²) in [5, 5.41) is 0.493. The van der Waals surface area contributed by atoms with Gasteiger partial charge >= 0.3 is 0 Å².